The minimum absolute atomic E-state index is 0.102. The van der Waals surface area contributed by atoms with Crippen LogP contribution in [0.5, 0.6) is 0 Å². The Kier molecular flexibility index (Phi) is 7.18. The molecule has 3 rings (SSSR count). The van der Waals surface area contributed by atoms with Crippen molar-refractivity contribution >= 4 is 28.3 Å². The minimum Gasteiger partial charge on any atom is -0.356 e. The lowest BCUT2D eigenvalue weighted by Crippen LogP contribution is -2.37. The summed E-state index contributed by atoms with van der Waals surface area (Å²) in [6, 6.07) is 1.91. The highest BCUT2D eigenvalue weighted by Gasteiger charge is 2.21. The second-order valence-corrected chi connectivity index (χ2v) is 8.88. The van der Waals surface area contributed by atoms with E-state index in [-0.39, 0.29) is 10.7 Å². The van der Waals surface area contributed by atoms with Crippen LogP contribution < -0.4 is 4.90 Å². The number of alkyl halides is 2. The molecule has 1 saturated heterocycles. The van der Waals surface area contributed by atoms with E-state index in [1.165, 1.54) is 18.8 Å². The number of hydrogen-bond donors (Lipinski definition) is 2. The zero-order valence-electron chi connectivity index (χ0n) is 16.5. The van der Waals surface area contributed by atoms with Crippen LogP contribution in [-0.4, -0.2) is 64.2 Å². The molecule has 10 heteroatoms. The van der Waals surface area contributed by atoms with Crippen LogP contribution >= 0.6 is 0 Å². The summed E-state index contributed by atoms with van der Waals surface area (Å²) in [7, 11) is 0.102. The van der Waals surface area contributed by atoms with Crippen LogP contribution in [0.1, 0.15) is 18.7 Å². The first-order chi connectivity index (χ1) is 13.9. The van der Waals surface area contributed by atoms with E-state index in [0.29, 0.717) is 23.1 Å². The van der Waals surface area contributed by atoms with Gasteiger partial charge in [-0.15, -0.1) is 10.7 Å². The van der Waals surface area contributed by atoms with Crippen molar-refractivity contribution in [2.75, 3.05) is 37.0 Å². The fourth-order valence-electron chi connectivity index (χ4n) is 3.14. The van der Waals surface area contributed by atoms with E-state index in [1.807, 2.05) is 6.07 Å². The highest BCUT2D eigenvalue weighted by Crippen LogP contribution is 2.24. The maximum absolute atomic E-state index is 12.4. The predicted molar refractivity (Wildman–Crippen MR) is 114 cm³/mol. The molecule has 1 aliphatic heterocycles. The number of nitrogens with zero attached hydrogens (tertiary/aromatic N) is 5. The molecule has 3 heterocycles. The van der Waals surface area contributed by atoms with E-state index in [1.54, 1.807) is 6.20 Å². The number of piperidine rings is 1. The van der Waals surface area contributed by atoms with Crippen LogP contribution in [0.3, 0.4) is 0 Å². The van der Waals surface area contributed by atoms with Gasteiger partial charge in [-0.05, 0) is 43.4 Å². The molecule has 2 aromatic heterocycles. The number of aromatic amines is 1. The summed E-state index contributed by atoms with van der Waals surface area (Å²) in [6.07, 6.45) is 9.25. The molecule has 7 nitrogen and oxygen atoms in total. The summed E-state index contributed by atoms with van der Waals surface area (Å²) >= 11 is 0. The average Bonchev–Trinajstić information content (AvgIpc) is 3.20. The quantitative estimate of drug-likeness (QED) is 0.670. The smallest absolute Gasteiger partial charge is 0.279 e. The summed E-state index contributed by atoms with van der Waals surface area (Å²) in [5, 5.41) is 7.16. The molecule has 2 N–H and O–H groups in total. The van der Waals surface area contributed by atoms with Crippen LogP contribution in [0, 0.1) is 11.3 Å². The first kappa shape index (κ1) is 21.2. The van der Waals surface area contributed by atoms with E-state index in [0.717, 1.165) is 37.9 Å². The minimum atomic E-state index is -2.80. The van der Waals surface area contributed by atoms with Gasteiger partial charge >= 0.3 is 0 Å². The summed E-state index contributed by atoms with van der Waals surface area (Å²) in [5.74, 6) is 1.78. The Balaban J connectivity index is 1.71. The van der Waals surface area contributed by atoms with Gasteiger partial charge in [0.05, 0.1) is 29.8 Å². The number of imidazole rings is 1. The molecule has 1 fully saturated rings. The summed E-state index contributed by atoms with van der Waals surface area (Å²) in [6.45, 7) is 2.75. The molecule has 0 bridgehead atoms. The number of hydrogen-bond acceptors (Lipinski definition) is 6. The molecule has 0 spiro atoms. The van der Waals surface area contributed by atoms with Crippen molar-refractivity contribution in [3.05, 3.63) is 30.5 Å². The van der Waals surface area contributed by atoms with Crippen LogP contribution in [0.2, 0.25) is 0 Å². The van der Waals surface area contributed by atoms with Crippen molar-refractivity contribution in [2.24, 2.45) is 10.3 Å². The Morgan fingerprint density at radius 3 is 3.00 bits per heavy atom. The summed E-state index contributed by atoms with van der Waals surface area (Å²) in [5.41, 5.74) is 0.597. The molecule has 0 radical (unpaired) electrons. The van der Waals surface area contributed by atoms with E-state index >= 15 is 0 Å². The number of halogens is 2. The van der Waals surface area contributed by atoms with Crippen molar-refractivity contribution in [3.8, 4) is 11.4 Å². The third-order valence-electron chi connectivity index (χ3n) is 4.61. The lowest BCUT2D eigenvalue weighted by Gasteiger charge is -2.33. The maximum atomic E-state index is 12.4. The van der Waals surface area contributed by atoms with Crippen LogP contribution in [0.15, 0.2) is 29.0 Å². The predicted octanol–water partition coefficient (Wildman–Crippen LogP) is 3.44. The molecule has 1 atom stereocenters. The topological polar surface area (TPSA) is 93.9 Å². The molecule has 2 aromatic rings. The Morgan fingerprint density at radius 2 is 2.24 bits per heavy atom. The largest absolute Gasteiger partial charge is 0.356 e. The SMILES string of the molecule is CS(C)=NCC1CCCN(c2cc(-c3cnc(/C=C\C(=N)C(F)F)[nH]3)ncn2)C1. The number of allylic oxidation sites excluding steroid dienone is 1. The third kappa shape index (κ3) is 5.99. The molecule has 1 aliphatic rings. The molecule has 0 amide bonds. The number of anilines is 1. The molecular weight excluding hydrogens is 396 g/mol. The lowest BCUT2D eigenvalue weighted by molar-refractivity contribution is 0.226. The summed E-state index contributed by atoms with van der Waals surface area (Å²) < 4.78 is 29.5. The first-order valence-electron chi connectivity index (χ1n) is 9.34. The van der Waals surface area contributed by atoms with Gasteiger partial charge in [-0.2, -0.15) is 0 Å². The van der Waals surface area contributed by atoms with E-state index < -0.39 is 12.1 Å². The number of aromatic nitrogens is 4. The van der Waals surface area contributed by atoms with E-state index in [9.17, 15) is 8.78 Å². The van der Waals surface area contributed by atoms with Gasteiger partial charge in [-0.1, -0.05) is 0 Å². The average molecular weight is 422 g/mol. The van der Waals surface area contributed by atoms with E-state index in [4.69, 9.17) is 5.41 Å². The maximum Gasteiger partial charge on any atom is 0.279 e. The Bertz CT molecular complexity index is 905. The van der Waals surface area contributed by atoms with Crippen molar-refractivity contribution in [3.63, 3.8) is 0 Å². The van der Waals surface area contributed by atoms with Gasteiger partial charge in [0.2, 0.25) is 0 Å². The zero-order valence-corrected chi connectivity index (χ0v) is 17.3. The van der Waals surface area contributed by atoms with Crippen molar-refractivity contribution in [1.82, 2.24) is 19.9 Å². The van der Waals surface area contributed by atoms with Gasteiger partial charge in [-0.25, -0.2) is 23.7 Å². The number of rotatable bonds is 7. The second-order valence-electron chi connectivity index (χ2n) is 7.07. The van der Waals surface area contributed by atoms with Gasteiger partial charge in [0, 0.05) is 19.2 Å². The molecule has 0 aromatic carbocycles. The van der Waals surface area contributed by atoms with Gasteiger partial charge < -0.3 is 9.88 Å². The molecular formula is C19H25F2N7S. The summed E-state index contributed by atoms with van der Waals surface area (Å²) in [4.78, 5) is 18.2. The first-order valence-corrected chi connectivity index (χ1v) is 11.3. The van der Waals surface area contributed by atoms with Gasteiger partial charge in [0.25, 0.3) is 6.43 Å². The third-order valence-corrected chi connectivity index (χ3v) is 5.28. The van der Waals surface area contributed by atoms with E-state index in [2.05, 4.69) is 41.7 Å². The fraction of sp³-hybridized carbons (Fsp3) is 0.474. The second kappa shape index (κ2) is 9.82. The van der Waals surface area contributed by atoms with Crippen molar-refractivity contribution in [1.29, 1.82) is 5.41 Å². The Labute approximate surface area is 171 Å². The highest BCUT2D eigenvalue weighted by molar-refractivity contribution is 7.85. The van der Waals surface area contributed by atoms with Gasteiger partial charge in [0.1, 0.15) is 18.0 Å². The van der Waals surface area contributed by atoms with Crippen molar-refractivity contribution < 1.29 is 8.78 Å². The molecule has 0 saturated carbocycles. The van der Waals surface area contributed by atoms with Crippen molar-refractivity contribution in [2.45, 2.75) is 19.3 Å². The van der Waals surface area contributed by atoms with Crippen LogP contribution in [-0.2, 0) is 10.7 Å². The Hall–Kier alpha value is -2.49. The molecule has 156 valence electrons. The molecule has 1 unspecified atom stereocenters. The fourth-order valence-corrected chi connectivity index (χ4v) is 3.65. The zero-order chi connectivity index (χ0) is 20.8. The standard InChI is InChI=1S/C19H25F2N7S/c1-29(2)26-9-13-4-3-7-28(11-13)18-8-15(24-12-25-18)16-10-23-17(27-16)6-5-14(22)19(20)21/h5-6,8,10,12-13,19,22H,3-4,7,9,11H2,1-2H3,(H,23,27)/b6-5-,22-14?. The van der Waals surface area contributed by atoms with Crippen LogP contribution in [0.4, 0.5) is 14.6 Å². The molecule has 0 aliphatic carbocycles. The Morgan fingerprint density at radius 1 is 1.41 bits per heavy atom. The number of nitrogens with one attached hydrogen (secondary N) is 2. The lowest BCUT2D eigenvalue weighted by atomic mass is 9.98. The number of H-pyrrole nitrogens is 1. The van der Waals surface area contributed by atoms with Crippen LogP contribution in [0.25, 0.3) is 17.5 Å². The van der Waals surface area contributed by atoms with Gasteiger partial charge in [0.15, 0.2) is 0 Å². The molecule has 29 heavy (non-hydrogen) atoms. The normalized spacial score (nSPS) is 17.4. The highest BCUT2D eigenvalue weighted by atomic mass is 32.2. The monoisotopic (exact) mass is 421 g/mol. The van der Waals surface area contributed by atoms with Gasteiger partial charge in [-0.3, -0.25) is 9.77 Å².